The number of hydrogen-bond acceptors (Lipinski definition) is 1. The zero-order valence-electron chi connectivity index (χ0n) is 10.2. The van der Waals surface area contributed by atoms with Crippen LogP contribution in [0.15, 0.2) is 42.7 Å². The highest BCUT2D eigenvalue weighted by molar-refractivity contribution is 6.33. The molecule has 0 bridgehead atoms. The number of halogens is 2. The molecule has 0 aliphatic rings. The van der Waals surface area contributed by atoms with Crippen molar-refractivity contribution in [2.24, 2.45) is 0 Å². The number of aromatic amines is 1. The predicted molar refractivity (Wildman–Crippen MR) is 78.5 cm³/mol. The van der Waals surface area contributed by atoms with Crippen LogP contribution in [0, 0.1) is 6.92 Å². The summed E-state index contributed by atoms with van der Waals surface area (Å²) in [5.41, 5.74) is 3.09. The first kappa shape index (κ1) is 12.4. The van der Waals surface area contributed by atoms with Gasteiger partial charge in [-0.15, -0.1) is 0 Å². The zero-order chi connectivity index (χ0) is 13.4. The molecule has 19 heavy (non-hydrogen) atoms. The third kappa shape index (κ3) is 2.18. The van der Waals surface area contributed by atoms with Crippen molar-refractivity contribution in [3.05, 3.63) is 58.5 Å². The van der Waals surface area contributed by atoms with E-state index in [-0.39, 0.29) is 0 Å². The summed E-state index contributed by atoms with van der Waals surface area (Å²) in [6.45, 7) is 2.05. The molecule has 0 spiro atoms. The van der Waals surface area contributed by atoms with Gasteiger partial charge in [0.05, 0.1) is 16.0 Å². The summed E-state index contributed by atoms with van der Waals surface area (Å²) in [6.07, 6.45) is 3.72. The number of hydrogen-bond donors (Lipinski definition) is 0. The molecule has 0 saturated heterocycles. The topological polar surface area (TPSA) is 27.0 Å². The van der Waals surface area contributed by atoms with Crippen LogP contribution in [-0.4, -0.2) is 4.98 Å². The summed E-state index contributed by atoms with van der Waals surface area (Å²) in [7, 11) is 0. The van der Waals surface area contributed by atoms with Crippen molar-refractivity contribution in [2.45, 2.75) is 6.92 Å². The molecule has 0 saturated carbocycles. The molecule has 0 radical (unpaired) electrons. The van der Waals surface area contributed by atoms with Gasteiger partial charge in [0.2, 0.25) is 5.69 Å². The summed E-state index contributed by atoms with van der Waals surface area (Å²) in [5.74, 6) is 0. The quantitative estimate of drug-likeness (QED) is 0.613. The van der Waals surface area contributed by atoms with Gasteiger partial charge in [0, 0.05) is 17.1 Å². The summed E-state index contributed by atoms with van der Waals surface area (Å²) in [4.78, 5) is 7.44. The van der Waals surface area contributed by atoms with E-state index in [4.69, 9.17) is 23.2 Å². The molecule has 4 heteroatoms. The Balaban J connectivity index is 2.29. The highest BCUT2D eigenvalue weighted by Gasteiger charge is 2.16. The van der Waals surface area contributed by atoms with Crippen molar-refractivity contribution in [1.29, 1.82) is 0 Å². The fourth-order valence-corrected chi connectivity index (χ4v) is 2.61. The average molecular weight is 290 g/mol. The molecule has 3 aromatic rings. The standard InChI is InChI=1S/C15H10Cl2N2/c1-9-12-8-18-14(17)6-10(12)7-19-15(9)11-4-2-3-5-13(11)16/h2-8H,1H3/p+1. The number of pyridine rings is 2. The van der Waals surface area contributed by atoms with Crippen LogP contribution in [0.3, 0.4) is 0 Å². The maximum absolute atomic E-state index is 6.25. The van der Waals surface area contributed by atoms with Gasteiger partial charge in [-0.25, -0.2) is 9.97 Å². The van der Waals surface area contributed by atoms with Crippen LogP contribution in [-0.2, 0) is 0 Å². The van der Waals surface area contributed by atoms with Crippen LogP contribution in [0.25, 0.3) is 22.0 Å². The minimum absolute atomic E-state index is 0.491. The molecule has 1 aromatic carbocycles. The van der Waals surface area contributed by atoms with Crippen LogP contribution in [0.2, 0.25) is 10.2 Å². The van der Waals surface area contributed by atoms with Gasteiger partial charge in [-0.3, -0.25) is 0 Å². The third-order valence-electron chi connectivity index (χ3n) is 3.20. The Morgan fingerprint density at radius 3 is 2.74 bits per heavy atom. The van der Waals surface area contributed by atoms with Crippen molar-refractivity contribution in [3.63, 3.8) is 0 Å². The number of H-pyrrole nitrogens is 1. The summed E-state index contributed by atoms with van der Waals surface area (Å²) in [5, 5.41) is 3.32. The van der Waals surface area contributed by atoms with Crippen LogP contribution in [0.4, 0.5) is 0 Å². The van der Waals surface area contributed by atoms with E-state index >= 15 is 0 Å². The molecule has 94 valence electrons. The van der Waals surface area contributed by atoms with Crippen LogP contribution in [0.1, 0.15) is 5.56 Å². The van der Waals surface area contributed by atoms with Crippen molar-refractivity contribution in [2.75, 3.05) is 0 Å². The van der Waals surface area contributed by atoms with E-state index < -0.39 is 0 Å². The fourth-order valence-electron chi connectivity index (χ4n) is 2.21. The van der Waals surface area contributed by atoms with E-state index in [1.54, 1.807) is 6.20 Å². The van der Waals surface area contributed by atoms with Crippen molar-refractivity contribution in [3.8, 4) is 11.3 Å². The molecule has 1 N–H and O–H groups in total. The Hall–Kier alpha value is -1.64. The highest BCUT2D eigenvalue weighted by atomic mass is 35.5. The van der Waals surface area contributed by atoms with Crippen molar-refractivity contribution >= 4 is 34.0 Å². The molecule has 2 nitrogen and oxygen atoms in total. The van der Waals surface area contributed by atoms with Crippen LogP contribution < -0.4 is 4.98 Å². The second kappa shape index (κ2) is 4.80. The minimum atomic E-state index is 0.491. The second-order valence-corrected chi connectivity index (χ2v) is 5.16. The van der Waals surface area contributed by atoms with Crippen LogP contribution >= 0.6 is 23.2 Å². The van der Waals surface area contributed by atoms with Gasteiger partial charge in [0.15, 0.2) is 6.20 Å². The SMILES string of the molecule is Cc1c(-c2ccccc2Cl)[nH+]cc2cc(Cl)ncc12. The number of nitrogens with zero attached hydrogens (tertiary/aromatic N) is 1. The molecule has 3 rings (SSSR count). The highest BCUT2D eigenvalue weighted by Crippen LogP contribution is 2.30. The number of aryl methyl sites for hydroxylation is 1. The molecule has 0 aliphatic heterocycles. The Morgan fingerprint density at radius 2 is 1.95 bits per heavy atom. The van der Waals surface area contributed by atoms with Gasteiger partial charge < -0.3 is 0 Å². The van der Waals surface area contributed by atoms with Gasteiger partial charge in [-0.2, -0.15) is 0 Å². The van der Waals surface area contributed by atoms with Crippen molar-refractivity contribution in [1.82, 2.24) is 4.98 Å². The maximum atomic E-state index is 6.25. The zero-order valence-corrected chi connectivity index (χ0v) is 11.8. The average Bonchev–Trinajstić information content (AvgIpc) is 2.40. The molecular weight excluding hydrogens is 279 g/mol. The van der Waals surface area contributed by atoms with E-state index in [0.29, 0.717) is 5.15 Å². The number of nitrogens with one attached hydrogen (secondary N) is 1. The second-order valence-electron chi connectivity index (χ2n) is 4.36. The molecule has 0 unspecified atom stereocenters. The lowest BCUT2D eigenvalue weighted by molar-refractivity contribution is -0.363. The lowest BCUT2D eigenvalue weighted by Crippen LogP contribution is -2.09. The normalized spacial score (nSPS) is 10.9. The molecule has 2 heterocycles. The van der Waals surface area contributed by atoms with E-state index in [0.717, 1.165) is 32.6 Å². The largest absolute Gasteiger partial charge is 0.244 e. The van der Waals surface area contributed by atoms with E-state index in [9.17, 15) is 0 Å². The molecule has 0 amide bonds. The number of fused-ring (bicyclic) bond motifs is 1. The Kier molecular flexibility index (Phi) is 3.13. The van der Waals surface area contributed by atoms with E-state index in [1.807, 2.05) is 43.5 Å². The lowest BCUT2D eigenvalue weighted by Gasteiger charge is -2.05. The Labute approximate surface area is 121 Å². The minimum Gasteiger partial charge on any atom is -0.244 e. The van der Waals surface area contributed by atoms with E-state index in [1.165, 1.54) is 0 Å². The smallest absolute Gasteiger partial charge is 0.215 e. The number of aromatic nitrogens is 2. The molecule has 0 fully saturated rings. The summed E-state index contributed by atoms with van der Waals surface area (Å²) < 4.78 is 0. The number of benzene rings is 1. The molecule has 0 atom stereocenters. The van der Waals surface area contributed by atoms with Gasteiger partial charge in [0.1, 0.15) is 5.15 Å². The van der Waals surface area contributed by atoms with Gasteiger partial charge in [0.25, 0.3) is 0 Å². The Bertz CT molecular complexity index is 769. The third-order valence-corrected chi connectivity index (χ3v) is 3.73. The van der Waals surface area contributed by atoms with Gasteiger partial charge in [-0.05, 0) is 25.1 Å². The molecule has 2 aromatic heterocycles. The van der Waals surface area contributed by atoms with Crippen LogP contribution in [0.5, 0.6) is 0 Å². The fraction of sp³-hybridized carbons (Fsp3) is 0.0667. The summed E-state index contributed by atoms with van der Waals surface area (Å²) >= 11 is 12.2. The maximum Gasteiger partial charge on any atom is 0.215 e. The van der Waals surface area contributed by atoms with E-state index in [2.05, 4.69) is 9.97 Å². The first-order valence-electron chi connectivity index (χ1n) is 5.88. The predicted octanol–water partition coefficient (Wildman–Crippen LogP) is 4.33. The summed E-state index contributed by atoms with van der Waals surface area (Å²) in [6, 6.07) is 9.62. The van der Waals surface area contributed by atoms with Gasteiger partial charge >= 0.3 is 0 Å². The lowest BCUT2D eigenvalue weighted by atomic mass is 10.0. The first-order valence-corrected chi connectivity index (χ1v) is 6.64. The van der Waals surface area contributed by atoms with Gasteiger partial charge in [-0.1, -0.05) is 35.3 Å². The van der Waals surface area contributed by atoms with Crippen molar-refractivity contribution < 1.29 is 4.98 Å². The molecule has 0 aliphatic carbocycles. The monoisotopic (exact) mass is 289 g/mol. The number of rotatable bonds is 1. The first-order chi connectivity index (χ1) is 9.16. The Morgan fingerprint density at radius 1 is 1.16 bits per heavy atom. The molecular formula is C15H11Cl2N2+.